The first kappa shape index (κ1) is 10.9. The van der Waals surface area contributed by atoms with E-state index < -0.39 is 11.9 Å². The number of hydrogen-bond acceptors (Lipinski definition) is 4. The third kappa shape index (κ3) is 1.42. The molecule has 6 heteroatoms. The monoisotopic (exact) mass is 246 g/mol. The fraction of sp³-hybridized carbons (Fsp3) is 0.333. The maximum absolute atomic E-state index is 10.9. The molecule has 92 valence electrons. The summed E-state index contributed by atoms with van der Waals surface area (Å²) in [7, 11) is 0. The molecule has 3 rings (SSSR count). The normalized spacial score (nSPS) is 35.8. The van der Waals surface area contributed by atoms with Crippen molar-refractivity contribution in [2.24, 2.45) is 21.8 Å². The molecule has 4 atom stereocenters. The molecule has 0 aromatic carbocycles. The van der Waals surface area contributed by atoms with Gasteiger partial charge in [-0.05, 0) is 0 Å². The van der Waals surface area contributed by atoms with E-state index in [9.17, 15) is 9.59 Å². The maximum Gasteiger partial charge on any atom is 0.336 e. The SMILES string of the molecule is O=C(O)C1=CC2C3C=C(C(=O)O)C=NC3C2N=C1. The number of carboxylic acid groups (broad SMARTS) is 2. The largest absolute Gasteiger partial charge is 0.478 e. The number of dihydropyridines is 2. The van der Waals surface area contributed by atoms with E-state index in [4.69, 9.17) is 10.2 Å². The third-order valence-electron chi connectivity index (χ3n) is 3.59. The van der Waals surface area contributed by atoms with Crippen LogP contribution >= 0.6 is 0 Å². The zero-order valence-electron chi connectivity index (χ0n) is 9.22. The molecule has 0 amide bonds. The van der Waals surface area contributed by atoms with E-state index in [0.29, 0.717) is 0 Å². The maximum atomic E-state index is 10.9. The fourth-order valence-corrected chi connectivity index (χ4v) is 2.65. The predicted molar refractivity (Wildman–Crippen MR) is 63.0 cm³/mol. The molecule has 0 bridgehead atoms. The zero-order chi connectivity index (χ0) is 12.9. The second-order valence-corrected chi connectivity index (χ2v) is 4.55. The molecule has 0 aromatic heterocycles. The summed E-state index contributed by atoms with van der Waals surface area (Å²) >= 11 is 0. The van der Waals surface area contributed by atoms with Crippen LogP contribution in [0.4, 0.5) is 0 Å². The second-order valence-electron chi connectivity index (χ2n) is 4.55. The quantitative estimate of drug-likeness (QED) is 0.724. The van der Waals surface area contributed by atoms with Gasteiger partial charge in [0, 0.05) is 24.3 Å². The Morgan fingerprint density at radius 1 is 0.889 bits per heavy atom. The Bertz CT molecular complexity index is 508. The summed E-state index contributed by atoms with van der Waals surface area (Å²) in [4.78, 5) is 30.1. The number of nitrogens with zero attached hydrogens (tertiary/aromatic N) is 2. The van der Waals surface area contributed by atoms with Crippen LogP contribution in [-0.2, 0) is 9.59 Å². The molecule has 18 heavy (non-hydrogen) atoms. The standard InChI is InChI=1S/C12H10N2O4/c15-11(16)5-1-7-8-2-6(12(17)18)4-14-10(8)9(7)13-3-5/h1-4,7-10H,(H,15,16)(H,17,18). The van der Waals surface area contributed by atoms with Crippen molar-refractivity contribution in [2.45, 2.75) is 12.1 Å². The van der Waals surface area contributed by atoms with E-state index in [1.807, 2.05) is 0 Å². The Morgan fingerprint density at radius 3 is 1.61 bits per heavy atom. The van der Waals surface area contributed by atoms with Crippen molar-refractivity contribution in [3.8, 4) is 0 Å². The van der Waals surface area contributed by atoms with Gasteiger partial charge in [0.2, 0.25) is 0 Å². The van der Waals surface area contributed by atoms with Gasteiger partial charge in [0.25, 0.3) is 0 Å². The minimum absolute atomic E-state index is 0.0547. The van der Waals surface area contributed by atoms with Gasteiger partial charge < -0.3 is 10.2 Å². The zero-order valence-corrected chi connectivity index (χ0v) is 9.22. The number of aliphatic imine (C=N–C) groups is 2. The molecular weight excluding hydrogens is 236 g/mol. The number of rotatable bonds is 2. The highest BCUT2D eigenvalue weighted by atomic mass is 16.4. The highest BCUT2D eigenvalue weighted by Gasteiger charge is 2.51. The molecule has 0 radical (unpaired) electrons. The molecule has 0 saturated heterocycles. The molecule has 1 fully saturated rings. The first-order valence-electron chi connectivity index (χ1n) is 5.54. The minimum Gasteiger partial charge on any atom is -0.478 e. The smallest absolute Gasteiger partial charge is 0.336 e. The molecule has 2 N–H and O–H groups in total. The van der Waals surface area contributed by atoms with Crippen LogP contribution in [0.1, 0.15) is 0 Å². The van der Waals surface area contributed by atoms with Gasteiger partial charge >= 0.3 is 11.9 Å². The second kappa shape index (κ2) is 3.63. The van der Waals surface area contributed by atoms with Gasteiger partial charge in [-0.1, -0.05) is 12.2 Å². The average Bonchev–Trinajstić information content (AvgIpc) is 2.34. The Hall–Kier alpha value is -2.24. The van der Waals surface area contributed by atoms with Crippen molar-refractivity contribution >= 4 is 24.4 Å². The van der Waals surface area contributed by atoms with Gasteiger partial charge in [-0.2, -0.15) is 0 Å². The lowest BCUT2D eigenvalue weighted by atomic mass is 9.62. The van der Waals surface area contributed by atoms with Crippen LogP contribution in [0.15, 0.2) is 33.3 Å². The van der Waals surface area contributed by atoms with Crippen molar-refractivity contribution < 1.29 is 19.8 Å². The van der Waals surface area contributed by atoms with Crippen molar-refractivity contribution in [1.29, 1.82) is 0 Å². The van der Waals surface area contributed by atoms with Gasteiger partial charge in [-0.25, -0.2) is 9.59 Å². The van der Waals surface area contributed by atoms with Gasteiger partial charge in [0.05, 0.1) is 23.2 Å². The van der Waals surface area contributed by atoms with Crippen LogP contribution in [0.2, 0.25) is 0 Å². The van der Waals surface area contributed by atoms with Crippen molar-refractivity contribution in [1.82, 2.24) is 0 Å². The lowest BCUT2D eigenvalue weighted by Crippen LogP contribution is -2.54. The number of aliphatic carboxylic acids is 2. The van der Waals surface area contributed by atoms with Crippen LogP contribution in [-0.4, -0.2) is 46.7 Å². The van der Waals surface area contributed by atoms with Crippen LogP contribution in [0.25, 0.3) is 0 Å². The van der Waals surface area contributed by atoms with Crippen LogP contribution in [0.5, 0.6) is 0 Å². The molecule has 3 aliphatic rings. The average molecular weight is 246 g/mol. The van der Waals surface area contributed by atoms with Gasteiger partial charge in [-0.3, -0.25) is 9.98 Å². The molecule has 2 heterocycles. The molecule has 0 spiro atoms. The van der Waals surface area contributed by atoms with Crippen LogP contribution in [0, 0.1) is 11.8 Å². The number of fused-ring (bicyclic) bond motifs is 4. The first-order valence-corrected chi connectivity index (χ1v) is 5.54. The summed E-state index contributed by atoms with van der Waals surface area (Å²) in [5.41, 5.74) is 0.323. The first-order chi connectivity index (χ1) is 8.58. The molecule has 1 saturated carbocycles. The lowest BCUT2D eigenvalue weighted by Gasteiger charge is -2.48. The molecule has 6 nitrogen and oxygen atoms in total. The third-order valence-corrected chi connectivity index (χ3v) is 3.59. The van der Waals surface area contributed by atoms with E-state index >= 15 is 0 Å². The van der Waals surface area contributed by atoms with Crippen molar-refractivity contribution in [3.05, 3.63) is 23.3 Å². The number of hydrogen-bond donors (Lipinski definition) is 2. The predicted octanol–water partition coefficient (Wildman–Crippen LogP) is 0.160. The topological polar surface area (TPSA) is 99.3 Å². The van der Waals surface area contributed by atoms with Crippen LogP contribution < -0.4 is 0 Å². The summed E-state index contributed by atoms with van der Waals surface area (Å²) in [5.74, 6) is -2.14. The van der Waals surface area contributed by atoms with E-state index in [2.05, 4.69) is 9.98 Å². The van der Waals surface area contributed by atoms with E-state index in [-0.39, 0.29) is 35.1 Å². The lowest BCUT2D eigenvalue weighted by molar-refractivity contribution is -0.133. The van der Waals surface area contributed by atoms with Crippen molar-refractivity contribution in [3.63, 3.8) is 0 Å². The summed E-state index contributed by atoms with van der Waals surface area (Å²) < 4.78 is 0. The number of carbonyl (C=O) groups is 2. The molecule has 1 aliphatic carbocycles. The summed E-state index contributed by atoms with van der Waals surface area (Å²) in [6.07, 6.45) is 6.01. The summed E-state index contributed by atoms with van der Waals surface area (Å²) in [6, 6.07) is -0.109. The fourth-order valence-electron chi connectivity index (χ4n) is 2.65. The van der Waals surface area contributed by atoms with Gasteiger partial charge in [-0.15, -0.1) is 0 Å². The highest BCUT2D eigenvalue weighted by Crippen LogP contribution is 2.45. The molecule has 2 aliphatic heterocycles. The van der Waals surface area contributed by atoms with Crippen LogP contribution in [0.3, 0.4) is 0 Å². The Kier molecular flexibility index (Phi) is 2.19. The van der Waals surface area contributed by atoms with Gasteiger partial charge in [0.1, 0.15) is 0 Å². The Balaban J connectivity index is 1.89. The molecular formula is C12H10N2O4. The summed E-state index contributed by atoms with van der Waals surface area (Å²) in [6.45, 7) is 0. The molecule has 0 aromatic rings. The van der Waals surface area contributed by atoms with Gasteiger partial charge in [0.15, 0.2) is 0 Å². The number of carboxylic acids is 2. The summed E-state index contributed by atoms with van der Waals surface area (Å²) in [5, 5.41) is 17.8. The Morgan fingerprint density at radius 2 is 1.28 bits per heavy atom. The van der Waals surface area contributed by atoms with E-state index in [0.717, 1.165) is 0 Å². The van der Waals surface area contributed by atoms with E-state index in [1.54, 1.807) is 12.2 Å². The van der Waals surface area contributed by atoms with E-state index in [1.165, 1.54) is 12.4 Å². The minimum atomic E-state index is -1.01. The molecule has 4 unspecified atom stereocenters. The Labute approximate surface area is 102 Å². The van der Waals surface area contributed by atoms with Crippen molar-refractivity contribution in [2.75, 3.05) is 0 Å². The highest BCUT2D eigenvalue weighted by molar-refractivity contribution is 6.10.